The molecule has 0 atom stereocenters. The van der Waals surface area contributed by atoms with Crippen molar-refractivity contribution < 1.29 is 23.2 Å². The molecule has 0 bridgehead atoms. The average Bonchev–Trinajstić information content (AvgIpc) is 2.65. The van der Waals surface area contributed by atoms with Crippen LogP contribution in [0.2, 0.25) is 0 Å². The van der Waals surface area contributed by atoms with E-state index in [1.165, 1.54) is 103 Å². The van der Waals surface area contributed by atoms with Crippen molar-refractivity contribution in [1.82, 2.24) is 4.90 Å². The molecule has 0 aromatic heterocycles. The molecule has 0 aromatic carbocycles. The number of nitrogens with zero attached hydrogens (tertiary/aromatic N) is 1. The third-order valence-corrected chi connectivity index (χ3v) is 5.37. The van der Waals surface area contributed by atoms with Crippen LogP contribution >= 0.6 is 24.8 Å². The summed E-state index contributed by atoms with van der Waals surface area (Å²) in [4.78, 5) is 2.31. The van der Waals surface area contributed by atoms with Crippen LogP contribution in [0.15, 0.2) is 0 Å². The fourth-order valence-corrected chi connectivity index (χ4v) is 3.56. The van der Waals surface area contributed by atoms with E-state index in [2.05, 4.69) is 31.4 Å². The monoisotopic (exact) mass is 487 g/mol. The van der Waals surface area contributed by atoms with Crippen LogP contribution in [0.5, 0.6) is 0 Å². The zero-order valence-corrected chi connectivity index (χ0v) is 21.1. The number of hydrogen-bond donors (Lipinski definition) is 1. The van der Waals surface area contributed by atoms with Crippen LogP contribution in [0.1, 0.15) is 117 Å². The van der Waals surface area contributed by atoms with Crippen molar-refractivity contribution in [3.05, 3.63) is 0 Å². The molecule has 0 saturated heterocycles. The van der Waals surface area contributed by atoms with Gasteiger partial charge in [0.1, 0.15) is 4.32 Å². The summed E-state index contributed by atoms with van der Waals surface area (Å²) in [5.41, 5.74) is 0. The summed E-state index contributed by atoms with van der Waals surface area (Å²) in [6.45, 7) is 6.77. The molecule has 156 valence electrons. The predicted molar refractivity (Wildman–Crippen MR) is 119 cm³/mol. The van der Waals surface area contributed by atoms with Crippen LogP contribution in [-0.2, 0) is 23.2 Å². The van der Waals surface area contributed by atoms with E-state index in [1.807, 2.05) is 0 Å². The molecule has 0 unspecified atom stereocenters. The summed E-state index contributed by atoms with van der Waals surface area (Å²) in [7, 11) is 0. The summed E-state index contributed by atoms with van der Waals surface area (Å²) >= 11 is 10.4. The molecule has 2 nitrogen and oxygen atoms in total. The molecule has 5 heteroatoms. The van der Waals surface area contributed by atoms with Crippen molar-refractivity contribution in [3.8, 4) is 0 Å². The minimum absolute atomic E-state index is 0.700. The second kappa shape index (κ2) is 25.7. The summed E-state index contributed by atoms with van der Waals surface area (Å²) in [5.74, 6) is 0. The van der Waals surface area contributed by atoms with Crippen molar-refractivity contribution in [2.24, 2.45) is 0 Å². The number of thiocarbonyl (C=S) groups is 1. The van der Waals surface area contributed by atoms with Crippen LogP contribution in [0.4, 0.5) is 0 Å². The maximum absolute atomic E-state index is 8.26. The first kappa shape index (κ1) is 28.9. The van der Waals surface area contributed by atoms with E-state index >= 15 is 0 Å². The Labute approximate surface area is 186 Å². The van der Waals surface area contributed by atoms with Gasteiger partial charge in [0.25, 0.3) is 0 Å². The van der Waals surface area contributed by atoms with Gasteiger partial charge in [0.05, 0.1) is 0 Å². The Morgan fingerprint density at radius 2 is 0.923 bits per heavy atom. The molecule has 0 heterocycles. The van der Waals surface area contributed by atoms with E-state index in [9.17, 15) is 0 Å². The van der Waals surface area contributed by atoms with E-state index in [1.54, 1.807) is 0 Å². The third kappa shape index (κ3) is 22.8. The predicted octanol–water partition coefficient (Wildman–Crippen LogP) is 7.66. The second-order valence-electron chi connectivity index (χ2n) is 7.22. The van der Waals surface area contributed by atoms with E-state index in [4.69, 9.17) is 15.6 Å². The normalized spacial score (nSPS) is 10.3. The van der Waals surface area contributed by atoms with Gasteiger partial charge in [0.2, 0.25) is 0 Å². The molecule has 0 radical (unpaired) electrons. The summed E-state index contributed by atoms with van der Waals surface area (Å²) in [6, 6.07) is 0. The molecular formula is C21H43MoNOS2. The van der Waals surface area contributed by atoms with Crippen LogP contribution < -0.4 is 0 Å². The Morgan fingerprint density at radius 1 is 0.654 bits per heavy atom. The number of unbranched alkanes of at least 4 members (excludes halogenated alkanes) is 14. The second-order valence-corrected chi connectivity index (χ2v) is 8.33. The van der Waals surface area contributed by atoms with Gasteiger partial charge in [0.15, 0.2) is 0 Å². The van der Waals surface area contributed by atoms with Crippen LogP contribution in [0, 0.1) is 0 Å². The standard InChI is InChI=1S/C21H43NS2.Mo.O/c1-3-5-7-9-11-13-15-17-19-22(21(23)24)20-18-16-14-12-10-8-6-4-2;;/h3-20H2,1-2H3,(H,23,24);;. The van der Waals surface area contributed by atoms with Crippen LogP contribution in [0.25, 0.3) is 0 Å². The van der Waals surface area contributed by atoms with Gasteiger partial charge in [-0.2, -0.15) is 0 Å². The molecular weight excluding hydrogens is 442 g/mol. The van der Waals surface area contributed by atoms with Gasteiger partial charge in [-0.15, -0.1) is 12.6 Å². The molecule has 0 aliphatic heterocycles. The maximum atomic E-state index is 8.26. The van der Waals surface area contributed by atoms with Crippen molar-refractivity contribution >= 4 is 29.2 Å². The van der Waals surface area contributed by atoms with E-state index in [-0.39, 0.29) is 0 Å². The van der Waals surface area contributed by atoms with Crippen LogP contribution in [0.3, 0.4) is 0 Å². The van der Waals surface area contributed by atoms with E-state index < -0.39 is 0 Å². The topological polar surface area (TPSA) is 20.3 Å². The van der Waals surface area contributed by atoms with Crippen molar-refractivity contribution in [2.45, 2.75) is 117 Å². The first-order chi connectivity index (χ1) is 12.7. The van der Waals surface area contributed by atoms with Gasteiger partial charge in [0, 0.05) is 13.1 Å². The molecule has 0 spiro atoms. The Balaban J connectivity index is 0. The molecule has 0 fully saturated rings. The molecule has 0 aromatic rings. The number of rotatable bonds is 18. The fourth-order valence-electron chi connectivity index (χ4n) is 3.18. The number of thiol groups is 1. The zero-order chi connectivity index (χ0) is 19.9. The van der Waals surface area contributed by atoms with Crippen molar-refractivity contribution in [2.75, 3.05) is 13.1 Å². The first-order valence-corrected chi connectivity index (χ1v) is 12.5. The average molecular weight is 486 g/mol. The van der Waals surface area contributed by atoms with E-state index in [0.29, 0.717) is 19.8 Å². The summed E-state index contributed by atoms with van der Waals surface area (Å²) in [5, 5.41) is 0. The van der Waals surface area contributed by atoms with Gasteiger partial charge < -0.3 is 4.90 Å². The molecule has 0 saturated carbocycles. The molecule has 0 rings (SSSR count). The Kier molecular flexibility index (Phi) is 28.6. The van der Waals surface area contributed by atoms with Gasteiger partial charge in [-0.25, -0.2) is 0 Å². The molecule has 0 amide bonds. The van der Waals surface area contributed by atoms with Crippen LogP contribution in [-0.4, -0.2) is 22.3 Å². The van der Waals surface area contributed by atoms with Gasteiger partial charge in [-0.1, -0.05) is 116 Å². The van der Waals surface area contributed by atoms with Crippen molar-refractivity contribution in [1.29, 1.82) is 0 Å². The summed E-state index contributed by atoms with van der Waals surface area (Å²) < 4.78 is 9.05. The van der Waals surface area contributed by atoms with Gasteiger partial charge in [-0.3, -0.25) is 0 Å². The first-order valence-electron chi connectivity index (χ1n) is 10.9. The van der Waals surface area contributed by atoms with Gasteiger partial charge >= 0.3 is 23.2 Å². The Bertz CT molecular complexity index is 273. The SMILES string of the molecule is CCCCCCCCCCN(CCCCCCCCCC)C(=S)S.[O]=[Mo]. The van der Waals surface area contributed by atoms with Crippen molar-refractivity contribution in [3.63, 3.8) is 0 Å². The third-order valence-electron chi connectivity index (χ3n) is 4.83. The zero-order valence-electron chi connectivity index (χ0n) is 17.3. The number of hydrogen-bond acceptors (Lipinski definition) is 2. The Hall–Kier alpha value is 0.728. The Morgan fingerprint density at radius 3 is 1.19 bits per heavy atom. The molecule has 0 N–H and O–H groups in total. The fraction of sp³-hybridized carbons (Fsp3) is 0.952. The minimum atomic E-state index is 0.700. The molecule has 0 aliphatic carbocycles. The molecule has 26 heavy (non-hydrogen) atoms. The quantitative estimate of drug-likeness (QED) is 0.0931. The van der Waals surface area contributed by atoms with E-state index in [0.717, 1.165) is 17.4 Å². The summed E-state index contributed by atoms with van der Waals surface area (Å²) in [6.07, 6.45) is 22.0. The molecule has 0 aliphatic rings. The van der Waals surface area contributed by atoms with Gasteiger partial charge in [-0.05, 0) is 12.8 Å².